The first kappa shape index (κ1) is 32.7. The zero-order valence-electron chi connectivity index (χ0n) is 30.8. The molecular weight excluding hydrogens is 695 g/mol. The van der Waals surface area contributed by atoms with Gasteiger partial charge in [0.25, 0.3) is 0 Å². The normalized spacial score (nSPS) is 11.5. The summed E-state index contributed by atoms with van der Waals surface area (Å²) in [5.74, 6) is 0.647. The molecule has 4 nitrogen and oxygen atoms in total. The molecule has 0 aliphatic heterocycles. The van der Waals surface area contributed by atoms with Gasteiger partial charge in [-0.05, 0) is 52.6 Å². The fourth-order valence-corrected chi connectivity index (χ4v) is 8.04. The largest absolute Gasteiger partial charge is 0.455 e. The van der Waals surface area contributed by atoms with Gasteiger partial charge < -0.3 is 4.42 Å². The summed E-state index contributed by atoms with van der Waals surface area (Å²) in [6, 6.07) is 69.6. The average molecular weight is 728 g/mol. The van der Waals surface area contributed by atoms with E-state index >= 15 is 0 Å². The maximum Gasteiger partial charge on any atom is 0.160 e. The first-order valence-electron chi connectivity index (χ1n) is 19.2. The van der Waals surface area contributed by atoms with Gasteiger partial charge in [0.15, 0.2) is 5.82 Å². The molecule has 0 aliphatic rings. The third kappa shape index (κ3) is 5.83. The summed E-state index contributed by atoms with van der Waals surface area (Å²) in [4.78, 5) is 15.7. The second kappa shape index (κ2) is 13.6. The summed E-state index contributed by atoms with van der Waals surface area (Å²) in [6.07, 6.45) is 0. The Labute approximate surface area is 329 Å². The fourth-order valence-electron chi connectivity index (χ4n) is 8.04. The lowest BCUT2D eigenvalue weighted by molar-refractivity contribution is 0.673. The van der Waals surface area contributed by atoms with Crippen LogP contribution in [0.3, 0.4) is 0 Å². The molecular formula is C53H33N3O. The smallest absolute Gasteiger partial charge is 0.160 e. The monoisotopic (exact) mass is 727 g/mol. The highest BCUT2D eigenvalue weighted by Crippen LogP contribution is 2.41. The minimum Gasteiger partial charge on any atom is -0.455 e. The van der Waals surface area contributed by atoms with Crippen molar-refractivity contribution >= 4 is 43.6 Å². The summed E-state index contributed by atoms with van der Waals surface area (Å²) in [6.45, 7) is 0. The van der Waals surface area contributed by atoms with Gasteiger partial charge in [-0.15, -0.1) is 0 Å². The minimum absolute atomic E-state index is 0.647. The summed E-state index contributed by atoms with van der Waals surface area (Å²) in [5.41, 5.74) is 13.9. The molecule has 11 aromatic rings. The molecule has 266 valence electrons. The number of fused-ring (bicyclic) bond motifs is 7. The van der Waals surface area contributed by atoms with Crippen molar-refractivity contribution in [2.24, 2.45) is 0 Å². The van der Waals surface area contributed by atoms with E-state index in [1.165, 1.54) is 11.1 Å². The van der Waals surface area contributed by atoms with Gasteiger partial charge in [-0.1, -0.05) is 170 Å². The molecule has 0 aliphatic carbocycles. The van der Waals surface area contributed by atoms with Crippen LogP contribution in [0.25, 0.3) is 111 Å². The van der Waals surface area contributed by atoms with E-state index in [-0.39, 0.29) is 0 Å². The second-order valence-corrected chi connectivity index (χ2v) is 14.4. The molecule has 0 amide bonds. The molecule has 0 fully saturated rings. The highest BCUT2D eigenvalue weighted by molar-refractivity contribution is 6.24. The molecule has 3 aromatic heterocycles. The van der Waals surface area contributed by atoms with Crippen LogP contribution in [0.15, 0.2) is 205 Å². The SMILES string of the molecule is c1ccc(-c2ccc(-c3cc(-c4ccc(-c5ccccc5)cc4)nc(-c4cccc(-c5nc6ccccc6c6c5ccc5c7ccccc7oc56)c4)n3)cc2)cc1. The van der Waals surface area contributed by atoms with Gasteiger partial charge in [0, 0.05) is 49.2 Å². The maximum absolute atomic E-state index is 6.59. The lowest BCUT2D eigenvalue weighted by Crippen LogP contribution is -1.97. The molecule has 0 saturated carbocycles. The number of pyridine rings is 1. The van der Waals surface area contributed by atoms with Crippen molar-refractivity contribution in [1.82, 2.24) is 15.0 Å². The molecule has 0 N–H and O–H groups in total. The van der Waals surface area contributed by atoms with Gasteiger partial charge in [0.1, 0.15) is 11.2 Å². The van der Waals surface area contributed by atoms with E-state index in [2.05, 4.69) is 170 Å². The maximum atomic E-state index is 6.59. The van der Waals surface area contributed by atoms with Crippen LogP contribution in [0.2, 0.25) is 0 Å². The molecule has 57 heavy (non-hydrogen) atoms. The first-order valence-corrected chi connectivity index (χ1v) is 19.2. The molecule has 0 saturated heterocycles. The third-order valence-corrected chi connectivity index (χ3v) is 10.9. The lowest BCUT2D eigenvalue weighted by Gasteiger charge is -2.13. The van der Waals surface area contributed by atoms with Crippen molar-refractivity contribution in [2.45, 2.75) is 0 Å². The Morgan fingerprint density at radius 1 is 0.316 bits per heavy atom. The van der Waals surface area contributed by atoms with E-state index in [0.29, 0.717) is 5.82 Å². The van der Waals surface area contributed by atoms with Gasteiger partial charge >= 0.3 is 0 Å². The highest BCUT2D eigenvalue weighted by atomic mass is 16.3. The Morgan fingerprint density at radius 3 is 1.49 bits per heavy atom. The predicted octanol–water partition coefficient (Wildman–Crippen LogP) is 14.1. The van der Waals surface area contributed by atoms with Gasteiger partial charge in [0.05, 0.1) is 22.6 Å². The first-order chi connectivity index (χ1) is 28.2. The third-order valence-electron chi connectivity index (χ3n) is 10.9. The number of benzene rings is 8. The van der Waals surface area contributed by atoms with Crippen LogP contribution >= 0.6 is 0 Å². The highest BCUT2D eigenvalue weighted by Gasteiger charge is 2.18. The molecule has 0 spiro atoms. The topological polar surface area (TPSA) is 51.8 Å². The van der Waals surface area contributed by atoms with Crippen LogP contribution in [0, 0.1) is 0 Å². The Morgan fingerprint density at radius 2 is 0.825 bits per heavy atom. The molecule has 3 heterocycles. The van der Waals surface area contributed by atoms with Crippen molar-refractivity contribution in [3.8, 4) is 67.4 Å². The molecule has 8 aromatic carbocycles. The van der Waals surface area contributed by atoms with E-state index < -0.39 is 0 Å². The molecule has 0 unspecified atom stereocenters. The zero-order valence-corrected chi connectivity index (χ0v) is 30.8. The van der Waals surface area contributed by atoms with E-state index in [1.807, 2.05) is 30.3 Å². The Bertz CT molecular complexity index is 3160. The van der Waals surface area contributed by atoms with Crippen molar-refractivity contribution in [1.29, 1.82) is 0 Å². The zero-order chi connectivity index (χ0) is 37.7. The summed E-state index contributed by atoms with van der Waals surface area (Å²) < 4.78 is 6.59. The van der Waals surface area contributed by atoms with Crippen molar-refractivity contribution in [2.75, 3.05) is 0 Å². The number of rotatable bonds is 6. The Balaban J connectivity index is 1.07. The number of nitrogens with zero attached hydrogens (tertiary/aromatic N) is 3. The summed E-state index contributed by atoms with van der Waals surface area (Å²) >= 11 is 0. The molecule has 0 radical (unpaired) electrons. The van der Waals surface area contributed by atoms with E-state index in [9.17, 15) is 0 Å². The van der Waals surface area contributed by atoms with Crippen LogP contribution in [0.1, 0.15) is 0 Å². The summed E-state index contributed by atoms with van der Waals surface area (Å²) in [7, 11) is 0. The lowest BCUT2D eigenvalue weighted by atomic mass is 9.97. The number of hydrogen-bond donors (Lipinski definition) is 0. The predicted molar refractivity (Wildman–Crippen MR) is 235 cm³/mol. The molecule has 4 heteroatoms. The van der Waals surface area contributed by atoms with Crippen molar-refractivity contribution < 1.29 is 4.42 Å². The summed E-state index contributed by atoms with van der Waals surface area (Å²) in [5, 5.41) is 5.36. The van der Waals surface area contributed by atoms with Crippen LogP contribution in [0.5, 0.6) is 0 Å². The van der Waals surface area contributed by atoms with Crippen molar-refractivity contribution in [3.05, 3.63) is 200 Å². The molecule has 11 rings (SSSR count). The number of hydrogen-bond acceptors (Lipinski definition) is 4. The van der Waals surface area contributed by atoms with Crippen LogP contribution in [0.4, 0.5) is 0 Å². The van der Waals surface area contributed by atoms with Gasteiger partial charge in [0.2, 0.25) is 0 Å². The quantitative estimate of drug-likeness (QED) is 0.160. The Hall–Kier alpha value is -7.69. The second-order valence-electron chi connectivity index (χ2n) is 14.4. The molecule has 0 bridgehead atoms. The number of furan rings is 1. The molecule has 0 atom stereocenters. The number of para-hydroxylation sites is 2. The van der Waals surface area contributed by atoms with Gasteiger partial charge in [-0.3, -0.25) is 0 Å². The minimum atomic E-state index is 0.647. The van der Waals surface area contributed by atoms with Crippen LogP contribution < -0.4 is 0 Å². The van der Waals surface area contributed by atoms with Gasteiger partial charge in [-0.25, -0.2) is 15.0 Å². The fraction of sp³-hybridized carbons (Fsp3) is 0. The standard InChI is InChI=1S/C53H33N3O/c1-3-12-34(13-4-1)36-22-26-38(27-23-36)47-33-48(39-28-24-37(25-29-39)35-14-5-2-6-15-35)56-53(55-47)41-17-11-16-40(32-41)51-45-31-30-43-42-18-8-10-21-49(42)57-52(43)50(45)44-19-7-9-20-46(44)54-51/h1-33H. The van der Waals surface area contributed by atoms with Crippen molar-refractivity contribution in [3.63, 3.8) is 0 Å². The average Bonchev–Trinajstić information content (AvgIpc) is 3.68. The van der Waals surface area contributed by atoms with Crippen LogP contribution in [-0.2, 0) is 0 Å². The van der Waals surface area contributed by atoms with Gasteiger partial charge in [-0.2, -0.15) is 0 Å². The number of aromatic nitrogens is 3. The van der Waals surface area contributed by atoms with E-state index in [0.717, 1.165) is 94.1 Å². The van der Waals surface area contributed by atoms with E-state index in [4.69, 9.17) is 19.4 Å². The van der Waals surface area contributed by atoms with Crippen LogP contribution in [-0.4, -0.2) is 15.0 Å². The van der Waals surface area contributed by atoms with E-state index in [1.54, 1.807) is 0 Å². The Kier molecular flexibility index (Phi) is 7.78.